The second-order valence-electron chi connectivity index (χ2n) is 4.32. The Kier molecular flexibility index (Phi) is 5.01. The zero-order valence-electron chi connectivity index (χ0n) is 10.2. The summed E-state index contributed by atoms with van der Waals surface area (Å²) in [6.07, 6.45) is 1.45. The van der Waals surface area contributed by atoms with Crippen LogP contribution in [0.5, 0.6) is 0 Å². The smallest absolute Gasteiger partial charge is 0.141 e. The van der Waals surface area contributed by atoms with Crippen molar-refractivity contribution in [1.82, 2.24) is 20.1 Å². The first-order valence-electron chi connectivity index (χ1n) is 5.54. The van der Waals surface area contributed by atoms with Gasteiger partial charge in [-0.3, -0.25) is 5.32 Å². The lowest BCUT2D eigenvalue weighted by Crippen LogP contribution is -2.54. The van der Waals surface area contributed by atoms with E-state index in [1.807, 2.05) is 13.8 Å². The summed E-state index contributed by atoms with van der Waals surface area (Å²) >= 11 is 0. The lowest BCUT2D eigenvalue weighted by Gasteiger charge is -2.28. The molecule has 0 radical (unpaired) electrons. The Bertz CT molecular complexity index is 328. The largest absolute Gasteiger partial charge is 0.394 e. The second kappa shape index (κ2) is 6.06. The molecule has 7 nitrogen and oxygen atoms in total. The predicted molar refractivity (Wildman–Crippen MR) is 61.2 cm³/mol. The predicted octanol–water partition coefficient (Wildman–Crippen LogP) is -1.34. The van der Waals surface area contributed by atoms with Gasteiger partial charge in [0.1, 0.15) is 12.2 Å². The van der Waals surface area contributed by atoms with Gasteiger partial charge in [0.2, 0.25) is 0 Å². The highest BCUT2D eigenvalue weighted by Gasteiger charge is 2.27. The number of rotatable bonds is 7. The summed E-state index contributed by atoms with van der Waals surface area (Å²) in [6, 6.07) is 0.182. The van der Waals surface area contributed by atoms with Crippen LogP contribution in [0.1, 0.15) is 25.7 Å². The molecule has 0 fully saturated rings. The summed E-state index contributed by atoms with van der Waals surface area (Å²) in [6.45, 7) is 3.23. The minimum absolute atomic E-state index is 0.182. The van der Waals surface area contributed by atoms with E-state index in [0.29, 0.717) is 12.4 Å². The SMILES string of the molecule is CC(C)n1ncnc1CNC(CO)(CO)CO. The van der Waals surface area contributed by atoms with Crippen molar-refractivity contribution in [3.05, 3.63) is 12.2 Å². The monoisotopic (exact) mass is 244 g/mol. The summed E-state index contributed by atoms with van der Waals surface area (Å²) in [5.41, 5.74) is -1.09. The average molecular weight is 244 g/mol. The maximum absolute atomic E-state index is 9.16. The highest BCUT2D eigenvalue weighted by Crippen LogP contribution is 2.07. The maximum Gasteiger partial charge on any atom is 0.141 e. The molecule has 0 spiro atoms. The van der Waals surface area contributed by atoms with Crippen molar-refractivity contribution in [3.63, 3.8) is 0 Å². The number of nitrogens with zero attached hydrogens (tertiary/aromatic N) is 3. The molecular weight excluding hydrogens is 224 g/mol. The Morgan fingerprint density at radius 1 is 1.29 bits per heavy atom. The summed E-state index contributed by atoms with van der Waals surface area (Å²) in [4.78, 5) is 4.09. The third kappa shape index (κ3) is 3.22. The van der Waals surface area contributed by atoms with Crippen LogP contribution < -0.4 is 5.32 Å². The molecule has 0 aliphatic rings. The minimum atomic E-state index is -1.09. The number of nitrogens with one attached hydrogen (secondary N) is 1. The number of hydrogen-bond acceptors (Lipinski definition) is 6. The van der Waals surface area contributed by atoms with Crippen molar-refractivity contribution >= 4 is 0 Å². The Hall–Kier alpha value is -1.02. The molecular formula is C10H20N4O3. The van der Waals surface area contributed by atoms with Crippen molar-refractivity contribution in [2.24, 2.45) is 0 Å². The second-order valence-corrected chi connectivity index (χ2v) is 4.32. The van der Waals surface area contributed by atoms with E-state index in [2.05, 4.69) is 15.4 Å². The molecule has 0 saturated carbocycles. The summed E-state index contributed by atoms with van der Waals surface area (Å²) in [7, 11) is 0. The number of aromatic nitrogens is 3. The zero-order valence-corrected chi connectivity index (χ0v) is 10.2. The van der Waals surface area contributed by atoms with E-state index in [1.54, 1.807) is 4.68 Å². The molecule has 0 aliphatic carbocycles. The molecule has 0 aromatic carbocycles. The van der Waals surface area contributed by atoms with Crippen molar-refractivity contribution < 1.29 is 15.3 Å². The summed E-state index contributed by atoms with van der Waals surface area (Å²) in [5, 5.41) is 34.5. The Balaban J connectivity index is 2.69. The van der Waals surface area contributed by atoms with E-state index in [0.717, 1.165) is 0 Å². The van der Waals surface area contributed by atoms with Crippen LogP contribution in [0, 0.1) is 0 Å². The Labute approximate surface area is 100 Å². The molecule has 17 heavy (non-hydrogen) atoms. The minimum Gasteiger partial charge on any atom is -0.394 e. The van der Waals surface area contributed by atoms with Gasteiger partial charge in [0.05, 0.1) is 31.9 Å². The molecule has 1 rings (SSSR count). The first-order chi connectivity index (χ1) is 8.08. The van der Waals surface area contributed by atoms with E-state index in [4.69, 9.17) is 15.3 Å². The van der Waals surface area contributed by atoms with E-state index in [1.165, 1.54) is 6.33 Å². The zero-order chi connectivity index (χ0) is 12.9. The molecule has 4 N–H and O–H groups in total. The van der Waals surface area contributed by atoms with Gasteiger partial charge in [-0.2, -0.15) is 5.10 Å². The fraction of sp³-hybridized carbons (Fsp3) is 0.800. The van der Waals surface area contributed by atoms with Crippen LogP contribution >= 0.6 is 0 Å². The van der Waals surface area contributed by atoms with E-state index in [9.17, 15) is 0 Å². The molecule has 0 saturated heterocycles. The van der Waals surface area contributed by atoms with E-state index >= 15 is 0 Å². The Morgan fingerprint density at radius 3 is 2.35 bits per heavy atom. The van der Waals surface area contributed by atoms with Crippen molar-refractivity contribution in [2.75, 3.05) is 19.8 Å². The van der Waals surface area contributed by atoms with Gasteiger partial charge in [-0.05, 0) is 13.8 Å². The first kappa shape index (κ1) is 14.0. The van der Waals surface area contributed by atoms with Crippen molar-refractivity contribution in [1.29, 1.82) is 0 Å². The topological polar surface area (TPSA) is 103 Å². The van der Waals surface area contributed by atoms with Gasteiger partial charge in [-0.15, -0.1) is 0 Å². The molecule has 7 heteroatoms. The van der Waals surface area contributed by atoms with Crippen LogP contribution in [0.15, 0.2) is 6.33 Å². The third-order valence-corrected chi connectivity index (χ3v) is 2.67. The molecule has 0 atom stereocenters. The molecule has 1 aromatic heterocycles. The molecule has 98 valence electrons. The molecule has 0 bridgehead atoms. The average Bonchev–Trinajstić information content (AvgIpc) is 2.80. The fourth-order valence-electron chi connectivity index (χ4n) is 1.42. The van der Waals surface area contributed by atoms with Gasteiger partial charge >= 0.3 is 0 Å². The van der Waals surface area contributed by atoms with Gasteiger partial charge < -0.3 is 15.3 Å². The summed E-state index contributed by atoms with van der Waals surface area (Å²) < 4.78 is 1.74. The van der Waals surface area contributed by atoms with E-state index < -0.39 is 5.54 Å². The molecule has 0 unspecified atom stereocenters. The molecule has 0 amide bonds. The van der Waals surface area contributed by atoms with Crippen LogP contribution in [0.25, 0.3) is 0 Å². The molecule has 1 aromatic rings. The van der Waals surface area contributed by atoms with Crippen molar-refractivity contribution in [3.8, 4) is 0 Å². The van der Waals surface area contributed by atoms with Crippen LogP contribution in [0.3, 0.4) is 0 Å². The quantitative estimate of drug-likeness (QED) is 0.473. The summed E-state index contributed by atoms with van der Waals surface area (Å²) in [5.74, 6) is 0.694. The van der Waals surface area contributed by atoms with Crippen LogP contribution in [-0.4, -0.2) is 55.4 Å². The molecule has 1 heterocycles. The third-order valence-electron chi connectivity index (χ3n) is 2.67. The van der Waals surface area contributed by atoms with Crippen LogP contribution in [0.2, 0.25) is 0 Å². The van der Waals surface area contributed by atoms with Crippen LogP contribution in [0.4, 0.5) is 0 Å². The molecule has 0 aliphatic heterocycles. The van der Waals surface area contributed by atoms with Gasteiger partial charge in [0.25, 0.3) is 0 Å². The van der Waals surface area contributed by atoms with Gasteiger partial charge in [-0.1, -0.05) is 0 Å². The first-order valence-corrected chi connectivity index (χ1v) is 5.54. The van der Waals surface area contributed by atoms with Gasteiger partial charge in [0, 0.05) is 6.04 Å². The van der Waals surface area contributed by atoms with Crippen LogP contribution in [-0.2, 0) is 6.54 Å². The fourth-order valence-corrected chi connectivity index (χ4v) is 1.42. The van der Waals surface area contributed by atoms with Crippen molar-refractivity contribution in [2.45, 2.75) is 32.0 Å². The lowest BCUT2D eigenvalue weighted by molar-refractivity contribution is 0.0406. The lowest BCUT2D eigenvalue weighted by atomic mass is 10.0. The number of hydrogen-bond donors (Lipinski definition) is 4. The highest BCUT2D eigenvalue weighted by atomic mass is 16.3. The number of aliphatic hydroxyl groups excluding tert-OH is 3. The Morgan fingerprint density at radius 2 is 1.88 bits per heavy atom. The number of aliphatic hydroxyl groups is 3. The normalized spacial score (nSPS) is 12.4. The van der Waals surface area contributed by atoms with E-state index in [-0.39, 0.29) is 25.9 Å². The maximum atomic E-state index is 9.16. The van der Waals surface area contributed by atoms with Gasteiger partial charge in [0.15, 0.2) is 0 Å². The highest BCUT2D eigenvalue weighted by molar-refractivity contribution is 4.92. The standard InChI is InChI=1S/C10H20N4O3/c1-8(2)14-9(11-7-13-14)3-12-10(4-15,5-16)6-17/h7-8,12,15-17H,3-6H2,1-2H3. The van der Waals surface area contributed by atoms with Gasteiger partial charge in [-0.25, -0.2) is 9.67 Å².